The number of nitrogens with zero attached hydrogens (tertiary/aromatic N) is 1. The van der Waals surface area contributed by atoms with Gasteiger partial charge >= 0.3 is 0 Å². The average Bonchev–Trinajstić information content (AvgIpc) is 2.54. The molecule has 2 amide bonds. The zero-order chi connectivity index (χ0) is 17.4. The number of halogens is 1. The van der Waals surface area contributed by atoms with Crippen molar-refractivity contribution < 1.29 is 9.59 Å². The molecule has 2 rings (SSSR count). The summed E-state index contributed by atoms with van der Waals surface area (Å²) in [6.45, 7) is 2.13. The normalized spacial score (nSPS) is 10.2. The average molecular weight is 389 g/mol. The second-order valence-electron chi connectivity index (χ2n) is 5.59. The number of carbonyl (C=O) groups is 2. The third-order valence-corrected chi connectivity index (χ3v) is 4.12. The molecule has 24 heavy (non-hydrogen) atoms. The standard InChI is InChI=1S/C19H21BrN2O2/c1-15(23)22(12-6-9-16-7-3-2-4-8-16)14-19(24)21-18-11-5-10-17(20)13-18/h2-5,7-8,10-11,13H,6,9,12,14H2,1H3,(H,21,24). The minimum atomic E-state index is -0.192. The van der Waals surface area contributed by atoms with Crippen LogP contribution >= 0.6 is 15.9 Å². The van der Waals surface area contributed by atoms with Crippen molar-refractivity contribution in [2.24, 2.45) is 0 Å². The monoisotopic (exact) mass is 388 g/mol. The summed E-state index contributed by atoms with van der Waals surface area (Å²) in [5, 5.41) is 2.81. The first-order valence-electron chi connectivity index (χ1n) is 7.89. The molecule has 0 spiro atoms. The van der Waals surface area contributed by atoms with Crippen LogP contribution < -0.4 is 5.32 Å². The Kier molecular flexibility index (Phi) is 7.00. The first-order chi connectivity index (χ1) is 11.5. The lowest BCUT2D eigenvalue weighted by Crippen LogP contribution is -2.37. The summed E-state index contributed by atoms with van der Waals surface area (Å²) >= 11 is 3.37. The first-order valence-corrected chi connectivity index (χ1v) is 8.69. The molecule has 5 heteroatoms. The molecule has 0 bridgehead atoms. The van der Waals surface area contributed by atoms with Gasteiger partial charge in [0.15, 0.2) is 0 Å². The van der Waals surface area contributed by atoms with Gasteiger partial charge in [-0.1, -0.05) is 52.3 Å². The highest BCUT2D eigenvalue weighted by Crippen LogP contribution is 2.15. The van der Waals surface area contributed by atoms with E-state index in [1.807, 2.05) is 42.5 Å². The quantitative estimate of drug-likeness (QED) is 0.782. The Hall–Kier alpha value is -2.14. The maximum Gasteiger partial charge on any atom is 0.243 e. The van der Waals surface area contributed by atoms with Gasteiger partial charge in [-0.25, -0.2) is 0 Å². The number of hydrogen-bond donors (Lipinski definition) is 1. The number of hydrogen-bond acceptors (Lipinski definition) is 2. The van der Waals surface area contributed by atoms with Crippen LogP contribution in [0.4, 0.5) is 5.69 Å². The minimum Gasteiger partial charge on any atom is -0.334 e. The molecule has 0 radical (unpaired) electrons. The highest BCUT2D eigenvalue weighted by atomic mass is 79.9. The molecule has 1 N–H and O–H groups in total. The number of nitrogens with one attached hydrogen (secondary N) is 1. The van der Waals surface area contributed by atoms with E-state index in [1.165, 1.54) is 12.5 Å². The molecule has 126 valence electrons. The molecule has 0 aliphatic rings. The maximum atomic E-state index is 12.2. The first kappa shape index (κ1) is 18.2. The molecular formula is C19H21BrN2O2. The van der Waals surface area contributed by atoms with Crippen LogP contribution in [-0.4, -0.2) is 29.8 Å². The number of rotatable bonds is 7. The largest absolute Gasteiger partial charge is 0.334 e. The molecule has 0 atom stereocenters. The predicted octanol–water partition coefficient (Wildman–Crippen LogP) is 3.87. The summed E-state index contributed by atoms with van der Waals surface area (Å²) < 4.78 is 0.895. The molecule has 0 saturated carbocycles. The van der Waals surface area contributed by atoms with E-state index in [-0.39, 0.29) is 18.4 Å². The van der Waals surface area contributed by atoms with Gasteiger partial charge in [-0.15, -0.1) is 0 Å². The molecule has 0 aromatic heterocycles. The number of anilines is 1. The highest BCUT2D eigenvalue weighted by Gasteiger charge is 2.13. The predicted molar refractivity (Wildman–Crippen MR) is 99.8 cm³/mol. The van der Waals surface area contributed by atoms with E-state index in [0.717, 1.165) is 17.3 Å². The lowest BCUT2D eigenvalue weighted by molar-refractivity contribution is -0.132. The Morgan fingerprint density at radius 3 is 2.50 bits per heavy atom. The van der Waals surface area contributed by atoms with Gasteiger partial charge in [0.05, 0.1) is 6.54 Å². The smallest absolute Gasteiger partial charge is 0.243 e. The summed E-state index contributed by atoms with van der Waals surface area (Å²) in [4.78, 5) is 25.5. The summed E-state index contributed by atoms with van der Waals surface area (Å²) in [7, 11) is 0. The van der Waals surface area contributed by atoms with Crippen molar-refractivity contribution in [3.8, 4) is 0 Å². The van der Waals surface area contributed by atoms with E-state index in [1.54, 1.807) is 4.90 Å². The second kappa shape index (κ2) is 9.23. The Labute approximate surface area is 151 Å². The van der Waals surface area contributed by atoms with Crippen LogP contribution in [0.1, 0.15) is 18.9 Å². The minimum absolute atomic E-state index is 0.0661. The van der Waals surface area contributed by atoms with Crippen LogP contribution in [0.5, 0.6) is 0 Å². The van der Waals surface area contributed by atoms with Crippen LogP contribution in [0.15, 0.2) is 59.1 Å². The summed E-state index contributed by atoms with van der Waals surface area (Å²) in [6, 6.07) is 17.5. The van der Waals surface area contributed by atoms with E-state index in [4.69, 9.17) is 0 Å². The third-order valence-electron chi connectivity index (χ3n) is 3.62. The van der Waals surface area contributed by atoms with Crippen molar-refractivity contribution in [1.82, 2.24) is 4.90 Å². The fourth-order valence-electron chi connectivity index (χ4n) is 2.41. The van der Waals surface area contributed by atoms with Crippen molar-refractivity contribution in [3.05, 3.63) is 64.6 Å². The van der Waals surface area contributed by atoms with Gasteiger partial charge in [-0.05, 0) is 36.6 Å². The molecule has 0 aliphatic carbocycles. The van der Waals surface area contributed by atoms with Crippen LogP contribution in [-0.2, 0) is 16.0 Å². The highest BCUT2D eigenvalue weighted by molar-refractivity contribution is 9.10. The Morgan fingerprint density at radius 2 is 1.83 bits per heavy atom. The molecule has 0 saturated heterocycles. The van der Waals surface area contributed by atoms with Gasteiger partial charge in [0.2, 0.25) is 11.8 Å². The lowest BCUT2D eigenvalue weighted by Gasteiger charge is -2.20. The summed E-state index contributed by atoms with van der Waals surface area (Å²) in [6.07, 6.45) is 1.71. The van der Waals surface area contributed by atoms with E-state index in [0.29, 0.717) is 12.2 Å². The molecule has 4 nitrogen and oxygen atoms in total. The Morgan fingerprint density at radius 1 is 1.08 bits per heavy atom. The SMILES string of the molecule is CC(=O)N(CCCc1ccccc1)CC(=O)Nc1cccc(Br)c1. The van der Waals surface area contributed by atoms with E-state index in [9.17, 15) is 9.59 Å². The fraction of sp³-hybridized carbons (Fsp3) is 0.263. The molecule has 0 aliphatic heterocycles. The van der Waals surface area contributed by atoms with Gasteiger partial charge in [0.1, 0.15) is 0 Å². The molecule has 0 fully saturated rings. The van der Waals surface area contributed by atoms with Crippen molar-refractivity contribution in [1.29, 1.82) is 0 Å². The molecular weight excluding hydrogens is 368 g/mol. The van der Waals surface area contributed by atoms with E-state index in [2.05, 4.69) is 33.4 Å². The zero-order valence-electron chi connectivity index (χ0n) is 13.7. The molecule has 2 aromatic rings. The van der Waals surface area contributed by atoms with E-state index < -0.39 is 0 Å². The summed E-state index contributed by atoms with van der Waals surface area (Å²) in [5.41, 5.74) is 1.95. The van der Waals surface area contributed by atoms with Crippen LogP contribution in [0.25, 0.3) is 0 Å². The lowest BCUT2D eigenvalue weighted by atomic mass is 10.1. The summed E-state index contributed by atoms with van der Waals surface area (Å²) in [5.74, 6) is -0.282. The number of amides is 2. The van der Waals surface area contributed by atoms with Crippen molar-refractivity contribution >= 4 is 33.4 Å². The van der Waals surface area contributed by atoms with Crippen molar-refractivity contribution in [2.75, 3.05) is 18.4 Å². The Bertz CT molecular complexity index is 689. The number of carbonyl (C=O) groups excluding carboxylic acids is 2. The van der Waals surface area contributed by atoms with Crippen molar-refractivity contribution in [3.63, 3.8) is 0 Å². The van der Waals surface area contributed by atoms with Gasteiger partial charge in [-0.3, -0.25) is 9.59 Å². The van der Waals surface area contributed by atoms with Crippen LogP contribution in [0.3, 0.4) is 0 Å². The van der Waals surface area contributed by atoms with Crippen molar-refractivity contribution in [2.45, 2.75) is 19.8 Å². The van der Waals surface area contributed by atoms with Gasteiger partial charge in [0.25, 0.3) is 0 Å². The van der Waals surface area contributed by atoms with Crippen LogP contribution in [0, 0.1) is 0 Å². The van der Waals surface area contributed by atoms with Gasteiger partial charge in [-0.2, -0.15) is 0 Å². The van der Waals surface area contributed by atoms with Gasteiger partial charge < -0.3 is 10.2 Å². The molecule has 0 heterocycles. The van der Waals surface area contributed by atoms with E-state index >= 15 is 0 Å². The topological polar surface area (TPSA) is 49.4 Å². The maximum absolute atomic E-state index is 12.2. The van der Waals surface area contributed by atoms with Gasteiger partial charge in [0, 0.05) is 23.6 Å². The van der Waals surface area contributed by atoms with Crippen LogP contribution in [0.2, 0.25) is 0 Å². The third kappa shape index (κ3) is 6.16. The number of benzene rings is 2. The molecule has 2 aromatic carbocycles. The second-order valence-corrected chi connectivity index (χ2v) is 6.50. The number of aryl methyl sites for hydroxylation is 1. The molecule has 0 unspecified atom stereocenters. The Balaban J connectivity index is 1.84. The zero-order valence-corrected chi connectivity index (χ0v) is 15.3. The fourth-order valence-corrected chi connectivity index (χ4v) is 2.81.